The first kappa shape index (κ1) is 12.3. The van der Waals surface area contributed by atoms with Crippen LogP contribution in [-0.4, -0.2) is 43.3 Å². The van der Waals surface area contributed by atoms with Gasteiger partial charge in [-0.15, -0.1) is 0 Å². The van der Waals surface area contributed by atoms with Crippen LogP contribution in [0.2, 0.25) is 0 Å². The lowest BCUT2D eigenvalue weighted by molar-refractivity contribution is 0.0623. The average molecular weight is 226 g/mol. The van der Waals surface area contributed by atoms with Gasteiger partial charge in [0, 0.05) is 25.7 Å². The van der Waals surface area contributed by atoms with Gasteiger partial charge < -0.3 is 10.5 Å². The Hall–Kier alpha value is -0.120. The first-order valence-corrected chi connectivity index (χ1v) is 6.87. The highest BCUT2D eigenvalue weighted by Crippen LogP contribution is 2.24. The maximum atomic E-state index is 5.89. The third-order valence-corrected chi connectivity index (χ3v) is 4.23. The molecule has 0 aromatic carbocycles. The number of hydrogen-bond donors (Lipinski definition) is 1. The summed E-state index contributed by atoms with van der Waals surface area (Å²) in [5.74, 6) is 0.767. The minimum absolute atomic E-state index is 0.524. The second-order valence-electron chi connectivity index (χ2n) is 5.38. The van der Waals surface area contributed by atoms with E-state index in [1.807, 2.05) is 0 Å². The lowest BCUT2D eigenvalue weighted by Crippen LogP contribution is -2.49. The van der Waals surface area contributed by atoms with E-state index in [-0.39, 0.29) is 0 Å². The molecule has 0 spiro atoms. The molecule has 0 radical (unpaired) electrons. The molecular weight excluding hydrogens is 200 g/mol. The number of piperidine rings is 1. The zero-order valence-corrected chi connectivity index (χ0v) is 10.5. The summed E-state index contributed by atoms with van der Waals surface area (Å²) in [6.07, 6.45) is 6.92. The molecule has 3 unspecified atom stereocenters. The summed E-state index contributed by atoms with van der Waals surface area (Å²) in [5.41, 5.74) is 5.89. The Bertz CT molecular complexity index is 204. The average Bonchev–Trinajstić information content (AvgIpc) is 2.79. The molecule has 16 heavy (non-hydrogen) atoms. The molecule has 0 aliphatic carbocycles. The van der Waals surface area contributed by atoms with Crippen molar-refractivity contribution < 1.29 is 4.74 Å². The van der Waals surface area contributed by atoms with Crippen LogP contribution in [0.4, 0.5) is 0 Å². The molecule has 0 aromatic heterocycles. The van der Waals surface area contributed by atoms with E-state index in [2.05, 4.69) is 11.8 Å². The van der Waals surface area contributed by atoms with Crippen molar-refractivity contribution in [2.45, 2.75) is 51.2 Å². The quantitative estimate of drug-likeness (QED) is 0.791. The number of nitrogens with two attached hydrogens (primary N) is 1. The fourth-order valence-corrected chi connectivity index (χ4v) is 3.18. The number of hydrogen-bond acceptors (Lipinski definition) is 3. The summed E-state index contributed by atoms with van der Waals surface area (Å²) >= 11 is 0. The van der Waals surface area contributed by atoms with Crippen molar-refractivity contribution in [1.29, 1.82) is 0 Å². The second kappa shape index (κ2) is 5.99. The number of nitrogens with zero attached hydrogens (tertiary/aromatic N) is 1. The Morgan fingerprint density at radius 2 is 2.19 bits per heavy atom. The zero-order valence-electron chi connectivity index (χ0n) is 10.5. The van der Waals surface area contributed by atoms with Crippen LogP contribution in [0.3, 0.4) is 0 Å². The zero-order chi connectivity index (χ0) is 11.4. The first-order chi connectivity index (χ1) is 7.81. The molecular formula is C13H26N2O. The van der Waals surface area contributed by atoms with E-state index >= 15 is 0 Å². The fraction of sp³-hybridized carbons (Fsp3) is 1.00. The summed E-state index contributed by atoms with van der Waals surface area (Å²) in [6, 6.07) is 0.607. The van der Waals surface area contributed by atoms with Crippen LogP contribution in [0.25, 0.3) is 0 Å². The van der Waals surface area contributed by atoms with Crippen molar-refractivity contribution in [3.63, 3.8) is 0 Å². The normalized spacial score (nSPS) is 36.8. The van der Waals surface area contributed by atoms with Crippen molar-refractivity contribution in [2.24, 2.45) is 11.7 Å². The van der Waals surface area contributed by atoms with E-state index in [1.54, 1.807) is 0 Å². The van der Waals surface area contributed by atoms with E-state index in [9.17, 15) is 0 Å². The summed E-state index contributed by atoms with van der Waals surface area (Å²) in [6.45, 7) is 6.54. The van der Waals surface area contributed by atoms with Crippen molar-refractivity contribution in [3.05, 3.63) is 0 Å². The predicted octanol–water partition coefficient (Wildman–Crippen LogP) is 1.61. The summed E-state index contributed by atoms with van der Waals surface area (Å²) in [4.78, 5) is 2.59. The molecule has 2 heterocycles. The molecule has 2 N–H and O–H groups in total. The van der Waals surface area contributed by atoms with Gasteiger partial charge in [-0.05, 0) is 44.6 Å². The maximum absolute atomic E-state index is 5.89. The van der Waals surface area contributed by atoms with Crippen molar-refractivity contribution in [1.82, 2.24) is 4.90 Å². The molecule has 2 saturated heterocycles. The van der Waals surface area contributed by atoms with Gasteiger partial charge >= 0.3 is 0 Å². The van der Waals surface area contributed by atoms with Crippen molar-refractivity contribution >= 4 is 0 Å². The lowest BCUT2D eigenvalue weighted by Gasteiger charge is -2.39. The molecule has 2 rings (SSSR count). The highest BCUT2D eigenvalue weighted by atomic mass is 16.5. The first-order valence-electron chi connectivity index (χ1n) is 6.87. The molecule has 0 amide bonds. The van der Waals surface area contributed by atoms with Gasteiger partial charge in [-0.1, -0.05) is 6.92 Å². The van der Waals surface area contributed by atoms with E-state index in [4.69, 9.17) is 10.5 Å². The summed E-state index contributed by atoms with van der Waals surface area (Å²) in [7, 11) is 0. The van der Waals surface area contributed by atoms with Gasteiger partial charge in [0.15, 0.2) is 0 Å². The molecule has 3 heteroatoms. The maximum Gasteiger partial charge on any atom is 0.0588 e. The minimum atomic E-state index is 0.524. The third kappa shape index (κ3) is 2.96. The molecule has 0 saturated carbocycles. The largest absolute Gasteiger partial charge is 0.378 e. The third-order valence-electron chi connectivity index (χ3n) is 4.23. The molecule has 2 fully saturated rings. The van der Waals surface area contributed by atoms with Crippen molar-refractivity contribution in [3.8, 4) is 0 Å². The van der Waals surface area contributed by atoms with Crippen molar-refractivity contribution in [2.75, 3.05) is 26.2 Å². The Kier molecular flexibility index (Phi) is 4.62. The van der Waals surface area contributed by atoms with Gasteiger partial charge in [-0.25, -0.2) is 0 Å². The van der Waals surface area contributed by atoms with Crippen LogP contribution in [0, 0.1) is 5.92 Å². The topological polar surface area (TPSA) is 38.5 Å². The Morgan fingerprint density at radius 1 is 1.31 bits per heavy atom. The van der Waals surface area contributed by atoms with Gasteiger partial charge in [0.2, 0.25) is 0 Å². The molecule has 2 aliphatic heterocycles. The standard InChI is InChI=1S/C13H26N2O/c1-11-4-2-7-15(13(11)10-14)8-6-12-5-3-9-16-12/h11-13H,2-10,14H2,1H3. The van der Waals surface area contributed by atoms with Crippen LogP contribution in [0.15, 0.2) is 0 Å². The van der Waals surface area contributed by atoms with E-state index in [1.165, 1.54) is 45.2 Å². The SMILES string of the molecule is CC1CCCN(CCC2CCCO2)C1CN. The smallest absolute Gasteiger partial charge is 0.0588 e. The van der Waals surface area contributed by atoms with Crippen LogP contribution < -0.4 is 5.73 Å². The Balaban J connectivity index is 1.77. The monoisotopic (exact) mass is 226 g/mol. The highest BCUT2D eigenvalue weighted by molar-refractivity contribution is 4.83. The lowest BCUT2D eigenvalue weighted by atomic mass is 9.90. The summed E-state index contributed by atoms with van der Waals surface area (Å²) < 4.78 is 5.68. The van der Waals surface area contributed by atoms with Gasteiger partial charge in [-0.3, -0.25) is 4.90 Å². The van der Waals surface area contributed by atoms with E-state index < -0.39 is 0 Å². The Morgan fingerprint density at radius 3 is 2.88 bits per heavy atom. The van der Waals surface area contributed by atoms with Crippen LogP contribution in [0.5, 0.6) is 0 Å². The fourth-order valence-electron chi connectivity index (χ4n) is 3.18. The van der Waals surface area contributed by atoms with Gasteiger partial charge in [0.25, 0.3) is 0 Å². The van der Waals surface area contributed by atoms with Crippen LogP contribution >= 0.6 is 0 Å². The number of ether oxygens (including phenoxy) is 1. The Labute approximate surface area is 99.3 Å². The molecule has 3 nitrogen and oxygen atoms in total. The van der Waals surface area contributed by atoms with Gasteiger partial charge in [0.05, 0.1) is 6.10 Å². The van der Waals surface area contributed by atoms with Gasteiger partial charge in [0.1, 0.15) is 0 Å². The highest BCUT2D eigenvalue weighted by Gasteiger charge is 2.27. The molecule has 94 valence electrons. The van der Waals surface area contributed by atoms with E-state index in [0.29, 0.717) is 12.1 Å². The van der Waals surface area contributed by atoms with Gasteiger partial charge in [-0.2, -0.15) is 0 Å². The number of likely N-dealkylation sites (tertiary alicyclic amines) is 1. The van der Waals surface area contributed by atoms with Crippen LogP contribution in [-0.2, 0) is 4.74 Å². The molecule has 3 atom stereocenters. The number of rotatable bonds is 4. The minimum Gasteiger partial charge on any atom is -0.378 e. The molecule has 0 aromatic rings. The molecule has 2 aliphatic rings. The van der Waals surface area contributed by atoms with E-state index in [0.717, 1.165) is 19.1 Å². The van der Waals surface area contributed by atoms with Crippen LogP contribution in [0.1, 0.15) is 39.0 Å². The predicted molar refractivity (Wildman–Crippen MR) is 66.4 cm³/mol. The second-order valence-corrected chi connectivity index (χ2v) is 5.38. The molecule has 0 bridgehead atoms. The summed E-state index contributed by atoms with van der Waals surface area (Å²) in [5, 5.41) is 0.